The summed E-state index contributed by atoms with van der Waals surface area (Å²) in [6.07, 6.45) is 0. The molecule has 1 fully saturated rings. The normalized spacial score (nSPS) is 20.6. The Hall–Kier alpha value is -1.53. The van der Waals surface area contributed by atoms with Gasteiger partial charge in [0, 0.05) is 6.04 Å². The predicted octanol–water partition coefficient (Wildman–Crippen LogP) is 3.92. The van der Waals surface area contributed by atoms with Crippen molar-refractivity contribution in [3.63, 3.8) is 0 Å². The van der Waals surface area contributed by atoms with E-state index in [1.54, 1.807) is 0 Å². The predicted molar refractivity (Wildman–Crippen MR) is 85.0 cm³/mol. The molecule has 2 rings (SSSR count). The number of nitrogens with one attached hydrogen (secondary N) is 1. The van der Waals surface area contributed by atoms with Crippen LogP contribution < -0.4 is 10.1 Å². The molecule has 1 N–H and O–H groups in total. The van der Waals surface area contributed by atoms with Crippen LogP contribution in [0.1, 0.15) is 46.2 Å². The zero-order chi connectivity index (χ0) is 15.7. The average Bonchev–Trinajstić information content (AvgIpc) is 2.84. The van der Waals surface area contributed by atoms with Crippen molar-refractivity contribution in [3.8, 4) is 11.8 Å². The number of rotatable bonds is 6. The molecule has 0 spiro atoms. The zero-order valence-electron chi connectivity index (χ0n) is 13.7. The second-order valence-electron chi connectivity index (χ2n) is 7.14. The number of benzene rings is 1. The lowest BCUT2D eigenvalue weighted by Gasteiger charge is -2.15. The van der Waals surface area contributed by atoms with Crippen molar-refractivity contribution in [2.45, 2.75) is 40.7 Å². The Balaban J connectivity index is 1.87. The van der Waals surface area contributed by atoms with Gasteiger partial charge in [-0.3, -0.25) is 0 Å². The van der Waals surface area contributed by atoms with Crippen LogP contribution in [0.2, 0.25) is 0 Å². The van der Waals surface area contributed by atoms with Gasteiger partial charge in [0.1, 0.15) is 11.8 Å². The van der Waals surface area contributed by atoms with Crippen LogP contribution in [0.3, 0.4) is 0 Å². The summed E-state index contributed by atoms with van der Waals surface area (Å²) in [4.78, 5) is 0. The zero-order valence-corrected chi connectivity index (χ0v) is 13.7. The fourth-order valence-corrected chi connectivity index (χ4v) is 3.22. The highest BCUT2D eigenvalue weighted by Crippen LogP contribution is 2.68. The maximum Gasteiger partial charge on any atom is 0.174 e. The van der Waals surface area contributed by atoms with E-state index in [0.29, 0.717) is 16.9 Å². The largest absolute Gasteiger partial charge is 0.479 e. The molecule has 1 unspecified atom stereocenters. The van der Waals surface area contributed by atoms with Crippen LogP contribution in [0.25, 0.3) is 0 Å². The van der Waals surface area contributed by atoms with Gasteiger partial charge in [0.05, 0.1) is 0 Å². The molecule has 0 radical (unpaired) electrons. The van der Waals surface area contributed by atoms with E-state index in [9.17, 15) is 0 Å². The molecule has 21 heavy (non-hydrogen) atoms. The average molecular weight is 286 g/mol. The number of ether oxygens (including phenoxy) is 1. The van der Waals surface area contributed by atoms with E-state index >= 15 is 0 Å². The summed E-state index contributed by atoms with van der Waals surface area (Å²) in [6.45, 7) is 12.7. The first-order valence-electron chi connectivity index (χ1n) is 7.64. The van der Waals surface area contributed by atoms with E-state index in [4.69, 9.17) is 10.00 Å². The summed E-state index contributed by atoms with van der Waals surface area (Å²) in [5, 5.41) is 12.1. The van der Waals surface area contributed by atoms with Crippen LogP contribution >= 0.6 is 0 Å². The maximum absolute atomic E-state index is 8.50. The molecule has 0 saturated heterocycles. The third-order valence-corrected chi connectivity index (χ3v) is 5.63. The Kier molecular flexibility index (Phi) is 4.30. The quantitative estimate of drug-likeness (QED) is 0.862. The minimum absolute atomic E-state index is 0.0962. The van der Waals surface area contributed by atoms with Gasteiger partial charge in [0.15, 0.2) is 6.61 Å². The summed E-state index contributed by atoms with van der Waals surface area (Å²) in [5.74, 6) is 1.47. The van der Waals surface area contributed by atoms with E-state index in [2.05, 4.69) is 52.1 Å². The molecule has 3 nitrogen and oxygen atoms in total. The van der Waals surface area contributed by atoms with Crippen molar-refractivity contribution in [2.24, 2.45) is 16.7 Å². The molecule has 0 heterocycles. The van der Waals surface area contributed by atoms with Gasteiger partial charge < -0.3 is 10.1 Å². The summed E-state index contributed by atoms with van der Waals surface area (Å²) < 4.78 is 5.27. The minimum Gasteiger partial charge on any atom is -0.479 e. The Morgan fingerprint density at radius 1 is 1.19 bits per heavy atom. The number of hydrogen-bond acceptors (Lipinski definition) is 3. The van der Waals surface area contributed by atoms with Crippen molar-refractivity contribution in [1.82, 2.24) is 5.32 Å². The maximum atomic E-state index is 8.50. The van der Waals surface area contributed by atoms with E-state index in [1.165, 1.54) is 5.56 Å². The molecule has 0 amide bonds. The van der Waals surface area contributed by atoms with Crippen LogP contribution in [0.15, 0.2) is 24.3 Å². The third-order valence-electron chi connectivity index (χ3n) is 5.63. The number of nitrogens with zero attached hydrogens (tertiary/aromatic N) is 1. The monoisotopic (exact) mass is 286 g/mol. The Morgan fingerprint density at radius 2 is 1.76 bits per heavy atom. The molecular weight excluding hydrogens is 260 g/mol. The fraction of sp³-hybridized carbons (Fsp3) is 0.611. The first kappa shape index (κ1) is 15.9. The SMILES string of the molecule is CC(NCC1C(C)(C)C1(C)C)c1ccc(OCC#N)cc1. The minimum atomic E-state index is 0.0962. The highest BCUT2D eigenvalue weighted by atomic mass is 16.5. The molecule has 1 aliphatic carbocycles. The third kappa shape index (κ3) is 3.06. The number of nitriles is 1. The van der Waals surface area contributed by atoms with E-state index < -0.39 is 0 Å². The molecular formula is C18H26N2O. The van der Waals surface area contributed by atoms with Gasteiger partial charge in [-0.15, -0.1) is 0 Å². The Morgan fingerprint density at radius 3 is 2.24 bits per heavy atom. The fourth-order valence-electron chi connectivity index (χ4n) is 3.22. The Labute approximate surface area is 128 Å². The molecule has 0 bridgehead atoms. The second-order valence-corrected chi connectivity index (χ2v) is 7.14. The lowest BCUT2D eigenvalue weighted by molar-refractivity contribution is 0.368. The summed E-state index contributed by atoms with van der Waals surface area (Å²) >= 11 is 0. The van der Waals surface area contributed by atoms with Gasteiger partial charge in [-0.1, -0.05) is 39.8 Å². The van der Waals surface area contributed by atoms with Gasteiger partial charge >= 0.3 is 0 Å². The van der Waals surface area contributed by atoms with Gasteiger partial charge in [0.25, 0.3) is 0 Å². The molecule has 1 aliphatic rings. The van der Waals surface area contributed by atoms with Crippen LogP contribution in [-0.4, -0.2) is 13.2 Å². The van der Waals surface area contributed by atoms with Crippen LogP contribution in [0.4, 0.5) is 0 Å². The van der Waals surface area contributed by atoms with Crippen LogP contribution in [0, 0.1) is 28.1 Å². The lowest BCUT2D eigenvalue weighted by Crippen LogP contribution is -2.23. The summed E-state index contributed by atoms with van der Waals surface area (Å²) in [7, 11) is 0. The van der Waals surface area contributed by atoms with Crippen molar-refractivity contribution >= 4 is 0 Å². The van der Waals surface area contributed by atoms with E-state index in [0.717, 1.165) is 18.2 Å². The molecule has 1 atom stereocenters. The van der Waals surface area contributed by atoms with Gasteiger partial charge in [0.2, 0.25) is 0 Å². The van der Waals surface area contributed by atoms with Crippen LogP contribution in [-0.2, 0) is 0 Å². The molecule has 3 heteroatoms. The van der Waals surface area contributed by atoms with Crippen molar-refractivity contribution in [3.05, 3.63) is 29.8 Å². The van der Waals surface area contributed by atoms with Gasteiger partial charge in [-0.2, -0.15) is 5.26 Å². The summed E-state index contributed by atoms with van der Waals surface area (Å²) in [5.41, 5.74) is 2.10. The molecule has 0 aromatic heterocycles. The lowest BCUT2D eigenvalue weighted by atomic mass is 10.0. The van der Waals surface area contributed by atoms with Crippen molar-refractivity contribution in [1.29, 1.82) is 5.26 Å². The first-order chi connectivity index (χ1) is 9.80. The smallest absolute Gasteiger partial charge is 0.174 e. The topological polar surface area (TPSA) is 45.0 Å². The highest BCUT2D eigenvalue weighted by Gasteiger charge is 2.63. The standard InChI is InChI=1S/C18H26N2O/c1-13(20-12-16-17(2,3)18(16,4)5)14-6-8-15(9-7-14)21-11-10-19/h6-9,13,16,20H,11-12H2,1-5H3. The molecule has 1 aromatic rings. The molecule has 114 valence electrons. The van der Waals surface area contributed by atoms with Crippen molar-refractivity contribution < 1.29 is 4.74 Å². The van der Waals surface area contributed by atoms with Gasteiger partial charge in [-0.25, -0.2) is 0 Å². The van der Waals surface area contributed by atoms with Crippen molar-refractivity contribution in [2.75, 3.05) is 13.2 Å². The van der Waals surface area contributed by atoms with Crippen LogP contribution in [0.5, 0.6) is 5.75 Å². The van der Waals surface area contributed by atoms with Gasteiger partial charge in [-0.05, 0) is 47.9 Å². The number of hydrogen-bond donors (Lipinski definition) is 1. The second kappa shape index (κ2) is 5.69. The van der Waals surface area contributed by atoms with E-state index in [-0.39, 0.29) is 6.61 Å². The molecule has 0 aliphatic heterocycles. The Bertz CT molecular complexity index is 511. The summed E-state index contributed by atoms with van der Waals surface area (Å²) in [6, 6.07) is 10.3. The van der Waals surface area contributed by atoms with E-state index in [1.807, 2.05) is 18.2 Å². The highest BCUT2D eigenvalue weighted by molar-refractivity contribution is 5.29. The molecule has 1 saturated carbocycles. The first-order valence-corrected chi connectivity index (χ1v) is 7.64. The molecule has 1 aromatic carbocycles.